The van der Waals surface area contributed by atoms with Gasteiger partial charge in [-0.15, -0.1) is 0 Å². The normalized spacial score (nSPS) is 10.6. The summed E-state index contributed by atoms with van der Waals surface area (Å²) in [6, 6.07) is 3.19. The van der Waals surface area contributed by atoms with Crippen LogP contribution in [-0.4, -0.2) is 5.91 Å². The van der Waals surface area contributed by atoms with Crippen LogP contribution in [-0.2, 0) is 0 Å². The molecule has 0 aliphatic rings. The highest BCUT2D eigenvalue weighted by Crippen LogP contribution is 2.27. The number of anilines is 1. The van der Waals surface area contributed by atoms with E-state index in [1.54, 1.807) is 0 Å². The largest absolute Gasteiger partial charge is 0.322 e. The minimum absolute atomic E-state index is 0.0153. The Morgan fingerprint density at radius 2 is 1.33 bits per heavy atom. The zero-order valence-corrected chi connectivity index (χ0v) is 11.5. The van der Waals surface area contributed by atoms with Crippen LogP contribution in [0.3, 0.4) is 0 Å². The van der Waals surface area contributed by atoms with E-state index >= 15 is 0 Å². The number of carbonyl (C=O) groups excluding carboxylic acids is 1. The molecule has 1 N–H and O–H groups in total. The third-order valence-corrected chi connectivity index (χ3v) is 3.04. The Morgan fingerprint density at radius 1 is 0.857 bits per heavy atom. The van der Waals surface area contributed by atoms with Gasteiger partial charge in [-0.05, 0) is 24.3 Å². The molecule has 0 bridgehead atoms. The molecule has 2 rings (SSSR count). The third kappa shape index (κ3) is 3.28. The number of hydrogen-bond donors (Lipinski definition) is 1. The quantitative estimate of drug-likeness (QED) is 0.618. The lowest BCUT2D eigenvalue weighted by molar-refractivity contribution is 0.102. The summed E-state index contributed by atoms with van der Waals surface area (Å²) in [6.45, 7) is 0. The molecule has 0 atom stereocenters. The number of hydrogen-bond acceptors (Lipinski definition) is 1. The molecule has 2 nitrogen and oxygen atoms in total. The summed E-state index contributed by atoms with van der Waals surface area (Å²) in [4.78, 5) is 11.8. The maximum absolute atomic E-state index is 13.2. The summed E-state index contributed by atoms with van der Waals surface area (Å²) in [7, 11) is 0. The fraction of sp³-hybridized carbons (Fsp3) is 0. The summed E-state index contributed by atoms with van der Waals surface area (Å²) in [6.07, 6.45) is 0. The number of halogens is 6. The first-order valence-electron chi connectivity index (χ1n) is 5.40. The van der Waals surface area contributed by atoms with E-state index in [0.717, 1.165) is 12.1 Å². The smallest absolute Gasteiger partial charge is 0.255 e. The zero-order chi connectivity index (χ0) is 15.7. The summed E-state index contributed by atoms with van der Waals surface area (Å²) in [5.74, 6) is -6.49. The number of nitrogens with one attached hydrogen (secondary N) is 1. The highest BCUT2D eigenvalue weighted by molar-refractivity contribution is 6.35. The van der Waals surface area contributed by atoms with Crippen LogP contribution in [0.15, 0.2) is 24.3 Å². The molecule has 0 aliphatic carbocycles. The fourth-order valence-corrected chi connectivity index (χ4v) is 2.00. The van der Waals surface area contributed by atoms with E-state index in [9.17, 15) is 22.4 Å². The maximum atomic E-state index is 13.2. The van der Waals surface area contributed by atoms with Crippen molar-refractivity contribution >= 4 is 34.8 Å². The minimum atomic E-state index is -1.68. The van der Waals surface area contributed by atoms with Crippen LogP contribution in [0.4, 0.5) is 23.2 Å². The predicted octanol–water partition coefficient (Wildman–Crippen LogP) is 4.80. The molecule has 2 aromatic rings. The van der Waals surface area contributed by atoms with E-state index in [-0.39, 0.29) is 15.7 Å². The molecule has 0 heterocycles. The second kappa shape index (κ2) is 5.91. The van der Waals surface area contributed by atoms with Gasteiger partial charge in [0.1, 0.15) is 0 Å². The van der Waals surface area contributed by atoms with Gasteiger partial charge in [-0.1, -0.05) is 23.2 Å². The molecule has 1 amide bonds. The van der Waals surface area contributed by atoms with Crippen molar-refractivity contribution in [2.75, 3.05) is 5.32 Å². The van der Waals surface area contributed by atoms with Crippen LogP contribution >= 0.6 is 23.2 Å². The second-order valence-corrected chi connectivity index (χ2v) is 4.78. The number of rotatable bonds is 2. The summed E-state index contributed by atoms with van der Waals surface area (Å²) in [5.41, 5.74) is -0.440. The molecule has 0 spiro atoms. The lowest BCUT2D eigenvalue weighted by Crippen LogP contribution is -2.13. The minimum Gasteiger partial charge on any atom is -0.322 e. The standard InChI is InChI=1S/C13H5Cl2F4NO/c14-7-3-6(4-8(15)11(7)18)20-13(21)5-1-9(16)12(19)10(17)2-5/h1-4H,(H,20,21). The van der Waals surface area contributed by atoms with Gasteiger partial charge in [0.15, 0.2) is 23.3 Å². The summed E-state index contributed by atoms with van der Waals surface area (Å²) in [5, 5.41) is 1.53. The second-order valence-electron chi connectivity index (χ2n) is 3.96. The van der Waals surface area contributed by atoms with Crippen molar-refractivity contribution < 1.29 is 22.4 Å². The average Bonchev–Trinajstić information content (AvgIpc) is 2.41. The number of benzene rings is 2. The predicted molar refractivity (Wildman–Crippen MR) is 70.7 cm³/mol. The Labute approximate surface area is 126 Å². The van der Waals surface area contributed by atoms with Crippen molar-refractivity contribution in [3.8, 4) is 0 Å². The molecule has 0 unspecified atom stereocenters. The van der Waals surface area contributed by atoms with Gasteiger partial charge in [0.2, 0.25) is 0 Å². The topological polar surface area (TPSA) is 29.1 Å². The molecule has 0 aliphatic heterocycles. The van der Waals surface area contributed by atoms with Crippen LogP contribution in [0.25, 0.3) is 0 Å². The Bertz CT molecular complexity index is 690. The monoisotopic (exact) mass is 337 g/mol. The Balaban J connectivity index is 2.30. The van der Waals surface area contributed by atoms with Gasteiger partial charge >= 0.3 is 0 Å². The molecule has 2 aromatic carbocycles. The van der Waals surface area contributed by atoms with Gasteiger partial charge in [0.25, 0.3) is 5.91 Å². The van der Waals surface area contributed by atoms with Crippen LogP contribution in [0.1, 0.15) is 10.4 Å². The van der Waals surface area contributed by atoms with Crippen molar-refractivity contribution in [1.29, 1.82) is 0 Å². The lowest BCUT2D eigenvalue weighted by atomic mass is 10.2. The van der Waals surface area contributed by atoms with Crippen LogP contribution in [0, 0.1) is 23.3 Å². The average molecular weight is 338 g/mol. The molecule has 0 fully saturated rings. The van der Waals surface area contributed by atoms with Crippen molar-refractivity contribution in [2.45, 2.75) is 0 Å². The maximum Gasteiger partial charge on any atom is 0.255 e. The van der Waals surface area contributed by atoms with E-state index in [2.05, 4.69) is 5.32 Å². The van der Waals surface area contributed by atoms with Gasteiger partial charge < -0.3 is 5.32 Å². The van der Waals surface area contributed by atoms with Crippen molar-refractivity contribution in [3.63, 3.8) is 0 Å². The Hall–Kier alpha value is -1.79. The molecule has 0 saturated heterocycles. The van der Waals surface area contributed by atoms with Crippen LogP contribution in [0.5, 0.6) is 0 Å². The molecule has 8 heteroatoms. The van der Waals surface area contributed by atoms with Crippen molar-refractivity contribution in [3.05, 3.63) is 63.1 Å². The third-order valence-electron chi connectivity index (χ3n) is 2.49. The molecule has 0 radical (unpaired) electrons. The van der Waals surface area contributed by atoms with E-state index in [4.69, 9.17) is 23.2 Å². The summed E-state index contributed by atoms with van der Waals surface area (Å²) < 4.78 is 52.1. The SMILES string of the molecule is O=C(Nc1cc(Cl)c(F)c(Cl)c1)c1cc(F)c(F)c(F)c1. The number of amides is 1. The molecule has 110 valence electrons. The summed E-state index contributed by atoms with van der Waals surface area (Å²) >= 11 is 11.1. The van der Waals surface area contributed by atoms with Crippen molar-refractivity contribution in [1.82, 2.24) is 0 Å². The highest BCUT2D eigenvalue weighted by atomic mass is 35.5. The molecule has 21 heavy (non-hydrogen) atoms. The lowest BCUT2D eigenvalue weighted by Gasteiger charge is -2.08. The molecular weight excluding hydrogens is 333 g/mol. The van der Waals surface area contributed by atoms with Gasteiger partial charge in [-0.3, -0.25) is 4.79 Å². The van der Waals surface area contributed by atoms with Gasteiger partial charge in [-0.25, -0.2) is 17.6 Å². The van der Waals surface area contributed by atoms with Crippen molar-refractivity contribution in [2.24, 2.45) is 0 Å². The van der Waals surface area contributed by atoms with E-state index in [0.29, 0.717) is 12.1 Å². The molecular formula is C13H5Cl2F4NO. The van der Waals surface area contributed by atoms with Gasteiger partial charge in [0.05, 0.1) is 10.0 Å². The highest BCUT2D eigenvalue weighted by Gasteiger charge is 2.16. The first kappa shape index (κ1) is 15.6. The van der Waals surface area contributed by atoms with Crippen LogP contribution in [0.2, 0.25) is 10.0 Å². The Kier molecular flexibility index (Phi) is 4.39. The van der Waals surface area contributed by atoms with E-state index < -0.39 is 34.7 Å². The van der Waals surface area contributed by atoms with Crippen LogP contribution < -0.4 is 5.32 Å². The molecule has 0 aromatic heterocycles. The van der Waals surface area contributed by atoms with Gasteiger partial charge in [-0.2, -0.15) is 0 Å². The van der Waals surface area contributed by atoms with Gasteiger partial charge in [0, 0.05) is 11.3 Å². The van der Waals surface area contributed by atoms with E-state index in [1.807, 2.05) is 0 Å². The molecule has 0 saturated carbocycles. The van der Waals surface area contributed by atoms with E-state index in [1.165, 1.54) is 0 Å². The first-order valence-corrected chi connectivity index (χ1v) is 6.15. The fourth-order valence-electron chi connectivity index (χ4n) is 1.52. The first-order chi connectivity index (χ1) is 9.79. The number of carbonyl (C=O) groups is 1. The zero-order valence-electron chi connectivity index (χ0n) is 9.99. The Morgan fingerprint density at radius 3 is 1.81 bits per heavy atom.